The number of rotatable bonds is 5. The summed E-state index contributed by atoms with van der Waals surface area (Å²) in [6, 6.07) is 3.95. The fraction of sp³-hybridized carbons (Fsp3) is 0.562. The Morgan fingerprint density at radius 3 is 3.00 bits per heavy atom. The number of thiophene rings is 1. The van der Waals surface area contributed by atoms with Crippen molar-refractivity contribution in [3.05, 3.63) is 23.4 Å². The van der Waals surface area contributed by atoms with Crippen LogP contribution in [-0.2, 0) is 4.74 Å². The summed E-state index contributed by atoms with van der Waals surface area (Å²) in [7, 11) is 0. The maximum atomic E-state index is 11.9. The molecule has 1 saturated heterocycles. The van der Waals surface area contributed by atoms with Gasteiger partial charge in [-0.15, -0.1) is 11.3 Å². The average molecular weight is 335 g/mol. The quantitative estimate of drug-likeness (QED) is 0.775. The molecule has 6 nitrogen and oxygen atoms in total. The fourth-order valence-electron chi connectivity index (χ4n) is 2.61. The van der Waals surface area contributed by atoms with Gasteiger partial charge in [-0.05, 0) is 30.7 Å². The van der Waals surface area contributed by atoms with E-state index >= 15 is 0 Å². The van der Waals surface area contributed by atoms with Crippen LogP contribution in [0.3, 0.4) is 0 Å². The molecule has 1 amide bonds. The number of aromatic nitrogens is 2. The second-order valence-corrected chi connectivity index (χ2v) is 6.61. The van der Waals surface area contributed by atoms with Crippen molar-refractivity contribution in [2.45, 2.75) is 38.5 Å². The van der Waals surface area contributed by atoms with E-state index in [-0.39, 0.29) is 12.0 Å². The van der Waals surface area contributed by atoms with Gasteiger partial charge in [-0.1, -0.05) is 24.6 Å². The van der Waals surface area contributed by atoms with Gasteiger partial charge >= 0.3 is 6.09 Å². The van der Waals surface area contributed by atoms with Crippen LogP contribution in [-0.4, -0.2) is 40.8 Å². The molecule has 0 unspecified atom stereocenters. The summed E-state index contributed by atoms with van der Waals surface area (Å²) in [4.78, 5) is 19.2. The number of unbranched alkanes of at least 4 members (excludes halogenated alkanes) is 1. The van der Waals surface area contributed by atoms with Crippen molar-refractivity contribution >= 4 is 17.4 Å². The molecule has 0 aromatic carbocycles. The van der Waals surface area contributed by atoms with Crippen LogP contribution in [0.5, 0.6) is 0 Å². The van der Waals surface area contributed by atoms with Crippen molar-refractivity contribution in [1.29, 1.82) is 0 Å². The molecule has 2 aromatic heterocycles. The lowest BCUT2D eigenvalue weighted by Crippen LogP contribution is -2.38. The summed E-state index contributed by atoms with van der Waals surface area (Å²) < 4.78 is 10.7. The van der Waals surface area contributed by atoms with Crippen LogP contribution in [0.25, 0.3) is 10.7 Å². The van der Waals surface area contributed by atoms with Crippen molar-refractivity contribution in [3.63, 3.8) is 0 Å². The van der Waals surface area contributed by atoms with Gasteiger partial charge in [0, 0.05) is 19.0 Å². The van der Waals surface area contributed by atoms with Gasteiger partial charge in [0.1, 0.15) is 0 Å². The minimum atomic E-state index is -0.207. The van der Waals surface area contributed by atoms with Gasteiger partial charge in [0.2, 0.25) is 11.7 Å². The van der Waals surface area contributed by atoms with Gasteiger partial charge in [-0.25, -0.2) is 4.79 Å². The van der Waals surface area contributed by atoms with Crippen LogP contribution in [0.2, 0.25) is 0 Å². The van der Waals surface area contributed by atoms with Gasteiger partial charge in [0.05, 0.1) is 11.5 Å². The standard InChI is InChI=1S/C16H21N3O3S/c1-2-3-10-21-16(20)19-8-6-12(7-9-19)15-17-14(18-22-15)13-5-4-11-23-13/h4-5,11-12H,2-3,6-10H2,1H3. The monoisotopic (exact) mass is 335 g/mol. The lowest BCUT2D eigenvalue weighted by molar-refractivity contribution is 0.0896. The summed E-state index contributed by atoms with van der Waals surface area (Å²) in [5, 5.41) is 6.05. The number of hydrogen-bond donors (Lipinski definition) is 0. The maximum absolute atomic E-state index is 11.9. The molecule has 0 aliphatic carbocycles. The van der Waals surface area contributed by atoms with E-state index in [1.165, 1.54) is 0 Å². The fourth-order valence-corrected chi connectivity index (χ4v) is 3.26. The van der Waals surface area contributed by atoms with E-state index in [9.17, 15) is 4.79 Å². The highest BCUT2D eigenvalue weighted by Gasteiger charge is 2.28. The third-order valence-electron chi connectivity index (χ3n) is 4.01. The number of carbonyl (C=O) groups excluding carboxylic acids is 1. The molecule has 2 aromatic rings. The Labute approximate surface area is 139 Å². The molecule has 124 valence electrons. The molecule has 0 atom stereocenters. The second kappa shape index (κ2) is 7.59. The molecule has 0 radical (unpaired) electrons. The molecule has 0 spiro atoms. The van der Waals surface area contributed by atoms with Crippen molar-refractivity contribution < 1.29 is 14.1 Å². The lowest BCUT2D eigenvalue weighted by atomic mass is 9.97. The third-order valence-corrected chi connectivity index (χ3v) is 4.87. The summed E-state index contributed by atoms with van der Waals surface area (Å²) in [5.74, 6) is 1.54. The largest absolute Gasteiger partial charge is 0.449 e. The highest BCUT2D eigenvalue weighted by molar-refractivity contribution is 7.13. The van der Waals surface area contributed by atoms with Crippen LogP contribution < -0.4 is 0 Å². The zero-order valence-corrected chi connectivity index (χ0v) is 14.1. The SMILES string of the molecule is CCCCOC(=O)N1CCC(c2nc(-c3cccs3)no2)CC1. The molecule has 7 heteroatoms. The van der Waals surface area contributed by atoms with E-state index < -0.39 is 0 Å². The first-order chi connectivity index (χ1) is 11.3. The molecule has 0 N–H and O–H groups in total. The molecule has 1 fully saturated rings. The molecule has 1 aliphatic heterocycles. The first-order valence-corrected chi connectivity index (χ1v) is 8.95. The van der Waals surface area contributed by atoms with Crippen molar-refractivity contribution in [1.82, 2.24) is 15.0 Å². The van der Waals surface area contributed by atoms with Gasteiger partial charge in [-0.3, -0.25) is 0 Å². The minimum absolute atomic E-state index is 0.207. The van der Waals surface area contributed by atoms with Crippen LogP contribution in [0.15, 0.2) is 22.0 Å². The molecule has 3 heterocycles. The molecular formula is C16H21N3O3S. The van der Waals surface area contributed by atoms with Crippen molar-refractivity contribution in [2.75, 3.05) is 19.7 Å². The summed E-state index contributed by atoms with van der Waals surface area (Å²) in [5.41, 5.74) is 0. The van der Waals surface area contributed by atoms with Crippen LogP contribution >= 0.6 is 11.3 Å². The van der Waals surface area contributed by atoms with E-state index in [2.05, 4.69) is 17.1 Å². The molecule has 23 heavy (non-hydrogen) atoms. The summed E-state index contributed by atoms with van der Waals surface area (Å²) in [6.07, 6.45) is 3.39. The first kappa shape index (κ1) is 16.0. The highest BCUT2D eigenvalue weighted by atomic mass is 32.1. The third kappa shape index (κ3) is 3.90. The second-order valence-electron chi connectivity index (χ2n) is 5.66. The molecule has 1 aliphatic rings. The molecular weight excluding hydrogens is 314 g/mol. The highest BCUT2D eigenvalue weighted by Crippen LogP contribution is 2.29. The average Bonchev–Trinajstić information content (AvgIpc) is 3.26. The summed E-state index contributed by atoms with van der Waals surface area (Å²) >= 11 is 1.60. The Bertz CT molecular complexity index is 618. The van der Waals surface area contributed by atoms with E-state index in [4.69, 9.17) is 9.26 Å². The smallest absolute Gasteiger partial charge is 0.409 e. The zero-order chi connectivity index (χ0) is 16.1. The first-order valence-electron chi connectivity index (χ1n) is 8.07. The zero-order valence-electron chi connectivity index (χ0n) is 13.2. The number of ether oxygens (including phenoxy) is 1. The van der Waals surface area contributed by atoms with Crippen molar-refractivity contribution in [3.8, 4) is 10.7 Å². The maximum Gasteiger partial charge on any atom is 0.409 e. The number of amides is 1. The number of piperidine rings is 1. The Morgan fingerprint density at radius 2 is 2.30 bits per heavy atom. The van der Waals surface area contributed by atoms with Gasteiger partial charge in [0.15, 0.2) is 0 Å². The van der Waals surface area contributed by atoms with Crippen LogP contribution in [0.1, 0.15) is 44.4 Å². The van der Waals surface area contributed by atoms with E-state index in [0.29, 0.717) is 31.4 Å². The van der Waals surface area contributed by atoms with E-state index in [1.807, 2.05) is 17.5 Å². The normalized spacial score (nSPS) is 15.8. The van der Waals surface area contributed by atoms with Gasteiger partial charge in [0.25, 0.3) is 0 Å². The number of hydrogen-bond acceptors (Lipinski definition) is 6. The Morgan fingerprint density at radius 1 is 1.48 bits per heavy atom. The Hall–Kier alpha value is -1.89. The Kier molecular flexibility index (Phi) is 5.27. The lowest BCUT2D eigenvalue weighted by Gasteiger charge is -2.29. The summed E-state index contributed by atoms with van der Waals surface area (Å²) in [6.45, 7) is 3.93. The van der Waals surface area contributed by atoms with Gasteiger partial charge < -0.3 is 14.2 Å². The topological polar surface area (TPSA) is 68.5 Å². The molecule has 3 rings (SSSR count). The van der Waals surface area contributed by atoms with Crippen LogP contribution in [0.4, 0.5) is 4.79 Å². The van der Waals surface area contributed by atoms with Crippen molar-refractivity contribution in [2.24, 2.45) is 0 Å². The van der Waals surface area contributed by atoms with E-state index in [0.717, 1.165) is 30.6 Å². The van der Waals surface area contributed by atoms with Gasteiger partial charge in [-0.2, -0.15) is 4.98 Å². The number of carbonyl (C=O) groups is 1. The molecule has 0 bridgehead atoms. The Balaban J connectivity index is 1.52. The number of nitrogens with zero attached hydrogens (tertiary/aromatic N) is 3. The predicted octanol–water partition coefficient (Wildman–Crippen LogP) is 3.91. The minimum Gasteiger partial charge on any atom is -0.449 e. The van der Waals surface area contributed by atoms with E-state index in [1.54, 1.807) is 16.2 Å². The van der Waals surface area contributed by atoms with Crippen LogP contribution in [0, 0.1) is 0 Å². The number of likely N-dealkylation sites (tertiary alicyclic amines) is 1. The predicted molar refractivity (Wildman–Crippen MR) is 87.4 cm³/mol. The molecule has 0 saturated carbocycles.